The van der Waals surface area contributed by atoms with E-state index in [9.17, 15) is 4.79 Å². The van der Waals surface area contributed by atoms with Crippen molar-refractivity contribution >= 4 is 5.97 Å². The first-order chi connectivity index (χ1) is 10.1. The zero-order valence-corrected chi connectivity index (χ0v) is 13.0. The van der Waals surface area contributed by atoms with Crippen LogP contribution in [0.25, 0.3) is 0 Å². The highest BCUT2D eigenvalue weighted by atomic mass is 16.5. The number of hydrogen-bond acceptors (Lipinski definition) is 4. The molecule has 4 heteroatoms. The fourth-order valence-electron chi connectivity index (χ4n) is 3.51. The number of methoxy groups -OCH3 is 1. The second-order valence-corrected chi connectivity index (χ2v) is 6.38. The van der Waals surface area contributed by atoms with E-state index in [1.807, 2.05) is 0 Å². The van der Waals surface area contributed by atoms with Gasteiger partial charge in [0.05, 0.1) is 13.0 Å². The van der Waals surface area contributed by atoms with E-state index in [2.05, 4.69) is 36.9 Å². The highest BCUT2D eigenvalue weighted by Crippen LogP contribution is 2.31. The molecule has 0 N–H and O–H groups in total. The van der Waals surface area contributed by atoms with Crippen LogP contribution in [0, 0.1) is 18.8 Å². The van der Waals surface area contributed by atoms with Crippen molar-refractivity contribution in [2.45, 2.75) is 26.4 Å². The SMILES string of the molecule is COC(=O)C1CN(CC2Cc3cc(C)ccc3O2)CC1C. The summed E-state index contributed by atoms with van der Waals surface area (Å²) in [6.45, 7) is 6.83. The van der Waals surface area contributed by atoms with Crippen LogP contribution in [0.5, 0.6) is 5.75 Å². The van der Waals surface area contributed by atoms with Crippen LogP contribution in [0.15, 0.2) is 18.2 Å². The highest BCUT2D eigenvalue weighted by molar-refractivity contribution is 5.73. The minimum atomic E-state index is -0.0868. The Labute approximate surface area is 126 Å². The van der Waals surface area contributed by atoms with Crippen molar-refractivity contribution in [3.05, 3.63) is 29.3 Å². The van der Waals surface area contributed by atoms with Gasteiger partial charge in [0.2, 0.25) is 0 Å². The van der Waals surface area contributed by atoms with Crippen LogP contribution in [0.2, 0.25) is 0 Å². The third kappa shape index (κ3) is 2.91. The molecule has 1 aromatic carbocycles. The normalized spacial score (nSPS) is 28.2. The molecule has 3 rings (SSSR count). The summed E-state index contributed by atoms with van der Waals surface area (Å²) in [7, 11) is 1.47. The molecule has 0 amide bonds. The molecule has 4 nitrogen and oxygen atoms in total. The summed E-state index contributed by atoms with van der Waals surface area (Å²) in [5.41, 5.74) is 2.58. The Bertz CT molecular complexity index is 543. The molecule has 3 atom stereocenters. The van der Waals surface area contributed by atoms with E-state index < -0.39 is 0 Å². The number of aryl methyl sites for hydroxylation is 1. The summed E-state index contributed by atoms with van der Waals surface area (Å²) in [5, 5.41) is 0. The number of esters is 1. The third-order valence-electron chi connectivity index (χ3n) is 4.61. The van der Waals surface area contributed by atoms with Gasteiger partial charge in [-0.3, -0.25) is 9.69 Å². The average Bonchev–Trinajstić information content (AvgIpc) is 3.00. The van der Waals surface area contributed by atoms with Gasteiger partial charge in [0.1, 0.15) is 11.9 Å². The summed E-state index contributed by atoms with van der Waals surface area (Å²) < 4.78 is 10.9. The first-order valence-electron chi connectivity index (χ1n) is 7.63. The van der Waals surface area contributed by atoms with E-state index in [0.29, 0.717) is 5.92 Å². The van der Waals surface area contributed by atoms with Gasteiger partial charge < -0.3 is 9.47 Å². The van der Waals surface area contributed by atoms with Crippen LogP contribution in [0.4, 0.5) is 0 Å². The number of ether oxygens (including phenoxy) is 2. The lowest BCUT2D eigenvalue weighted by molar-refractivity contribution is -0.146. The summed E-state index contributed by atoms with van der Waals surface area (Å²) >= 11 is 0. The zero-order chi connectivity index (χ0) is 15.0. The lowest BCUT2D eigenvalue weighted by Crippen LogP contribution is -2.34. The number of hydrogen-bond donors (Lipinski definition) is 0. The molecule has 2 aliphatic heterocycles. The van der Waals surface area contributed by atoms with Gasteiger partial charge in [0.15, 0.2) is 0 Å². The van der Waals surface area contributed by atoms with Crippen molar-refractivity contribution in [3.63, 3.8) is 0 Å². The number of carbonyl (C=O) groups is 1. The molecule has 0 aliphatic carbocycles. The molecular formula is C17H23NO3. The van der Waals surface area contributed by atoms with E-state index in [4.69, 9.17) is 9.47 Å². The van der Waals surface area contributed by atoms with Crippen molar-refractivity contribution in [2.75, 3.05) is 26.7 Å². The van der Waals surface area contributed by atoms with Gasteiger partial charge in [-0.05, 0) is 24.5 Å². The zero-order valence-electron chi connectivity index (χ0n) is 13.0. The van der Waals surface area contributed by atoms with Crippen molar-refractivity contribution in [1.29, 1.82) is 0 Å². The molecule has 0 spiro atoms. The Morgan fingerprint density at radius 3 is 3.00 bits per heavy atom. The molecule has 21 heavy (non-hydrogen) atoms. The largest absolute Gasteiger partial charge is 0.488 e. The van der Waals surface area contributed by atoms with E-state index in [-0.39, 0.29) is 18.0 Å². The molecule has 1 fully saturated rings. The molecule has 0 aromatic heterocycles. The smallest absolute Gasteiger partial charge is 0.310 e. The van der Waals surface area contributed by atoms with Gasteiger partial charge in [-0.2, -0.15) is 0 Å². The quantitative estimate of drug-likeness (QED) is 0.798. The van der Waals surface area contributed by atoms with Crippen molar-refractivity contribution in [3.8, 4) is 5.75 Å². The summed E-state index contributed by atoms with van der Waals surface area (Å²) in [6.07, 6.45) is 1.16. The highest BCUT2D eigenvalue weighted by Gasteiger charge is 2.37. The minimum absolute atomic E-state index is 0.000947. The van der Waals surface area contributed by atoms with Crippen molar-refractivity contribution in [2.24, 2.45) is 11.8 Å². The van der Waals surface area contributed by atoms with Crippen LogP contribution in [0.3, 0.4) is 0 Å². The topological polar surface area (TPSA) is 38.8 Å². The Morgan fingerprint density at radius 2 is 2.24 bits per heavy atom. The molecule has 1 saturated heterocycles. The fourth-order valence-corrected chi connectivity index (χ4v) is 3.51. The Balaban J connectivity index is 1.59. The van der Waals surface area contributed by atoms with Gasteiger partial charge >= 0.3 is 5.97 Å². The van der Waals surface area contributed by atoms with Crippen LogP contribution in [0.1, 0.15) is 18.1 Å². The van der Waals surface area contributed by atoms with Crippen molar-refractivity contribution in [1.82, 2.24) is 4.90 Å². The van der Waals surface area contributed by atoms with Crippen LogP contribution in [-0.2, 0) is 16.0 Å². The van der Waals surface area contributed by atoms with Crippen LogP contribution >= 0.6 is 0 Å². The molecule has 2 aliphatic rings. The van der Waals surface area contributed by atoms with Gasteiger partial charge in [0, 0.05) is 26.1 Å². The Kier molecular flexibility index (Phi) is 3.89. The summed E-state index contributed by atoms with van der Waals surface area (Å²) in [5.74, 6) is 1.28. The third-order valence-corrected chi connectivity index (χ3v) is 4.61. The number of fused-ring (bicyclic) bond motifs is 1. The molecule has 1 aromatic rings. The van der Waals surface area contributed by atoms with Gasteiger partial charge in [-0.25, -0.2) is 0 Å². The molecule has 0 saturated carbocycles. The summed E-state index contributed by atoms with van der Waals surface area (Å²) in [4.78, 5) is 14.1. The average molecular weight is 289 g/mol. The maximum absolute atomic E-state index is 11.7. The minimum Gasteiger partial charge on any atom is -0.488 e. The molecule has 0 radical (unpaired) electrons. The predicted molar refractivity (Wildman–Crippen MR) is 80.4 cm³/mol. The number of benzene rings is 1. The molecule has 2 heterocycles. The van der Waals surface area contributed by atoms with Gasteiger partial charge in [-0.15, -0.1) is 0 Å². The second kappa shape index (κ2) is 5.68. The molecule has 3 unspecified atom stereocenters. The van der Waals surface area contributed by atoms with E-state index in [1.54, 1.807) is 0 Å². The maximum atomic E-state index is 11.7. The number of nitrogens with zero attached hydrogens (tertiary/aromatic N) is 1. The molecular weight excluding hydrogens is 266 g/mol. The molecule has 0 bridgehead atoms. The predicted octanol–water partition coefficient (Wildman–Crippen LogP) is 2.04. The van der Waals surface area contributed by atoms with Crippen molar-refractivity contribution < 1.29 is 14.3 Å². The number of rotatable bonds is 3. The number of carbonyl (C=O) groups excluding carboxylic acids is 1. The number of likely N-dealkylation sites (tertiary alicyclic amines) is 1. The second-order valence-electron chi connectivity index (χ2n) is 6.38. The van der Waals surface area contributed by atoms with Gasteiger partial charge in [-0.1, -0.05) is 24.6 Å². The maximum Gasteiger partial charge on any atom is 0.310 e. The first-order valence-corrected chi connectivity index (χ1v) is 7.63. The molecule has 114 valence electrons. The monoisotopic (exact) mass is 289 g/mol. The van der Waals surface area contributed by atoms with E-state index in [1.165, 1.54) is 18.2 Å². The van der Waals surface area contributed by atoms with Crippen LogP contribution in [-0.4, -0.2) is 43.7 Å². The standard InChI is InChI=1S/C17H23NO3/c1-11-4-5-16-13(6-11)7-14(21-16)9-18-8-12(2)15(10-18)17(19)20-3/h4-6,12,14-15H,7-10H2,1-3H3. The fraction of sp³-hybridized carbons (Fsp3) is 0.588. The lowest BCUT2D eigenvalue weighted by atomic mass is 9.99. The summed E-state index contributed by atoms with van der Waals surface area (Å²) in [6, 6.07) is 6.36. The van der Waals surface area contributed by atoms with E-state index >= 15 is 0 Å². The Hall–Kier alpha value is -1.55. The first kappa shape index (κ1) is 14.4. The lowest BCUT2D eigenvalue weighted by Gasteiger charge is -2.20. The van der Waals surface area contributed by atoms with E-state index in [0.717, 1.165) is 31.8 Å². The van der Waals surface area contributed by atoms with Crippen LogP contribution < -0.4 is 4.74 Å². The van der Waals surface area contributed by atoms with Gasteiger partial charge in [0.25, 0.3) is 0 Å². The Morgan fingerprint density at radius 1 is 1.43 bits per heavy atom.